The number of alkyl halides is 1. The van der Waals surface area contributed by atoms with E-state index in [2.05, 4.69) is 0 Å². The van der Waals surface area contributed by atoms with E-state index in [-0.39, 0.29) is 11.8 Å². The van der Waals surface area contributed by atoms with Crippen molar-refractivity contribution in [1.82, 2.24) is 0 Å². The summed E-state index contributed by atoms with van der Waals surface area (Å²) in [5.41, 5.74) is 0. The zero-order chi connectivity index (χ0) is 5.86. The van der Waals surface area contributed by atoms with E-state index in [0.29, 0.717) is 0 Å². The van der Waals surface area contributed by atoms with E-state index in [1.54, 1.807) is 6.92 Å². The monoisotopic (exact) mass is 122 g/mol. The van der Waals surface area contributed by atoms with Gasteiger partial charge in [0.05, 0.1) is 6.42 Å². The van der Waals surface area contributed by atoms with Gasteiger partial charge in [-0.25, -0.2) is 0 Å². The minimum Gasteiger partial charge on any atom is -0.481 e. The van der Waals surface area contributed by atoms with Crippen molar-refractivity contribution in [3.05, 3.63) is 0 Å². The average Bonchev–Trinajstić information content (AvgIpc) is 1.27. The van der Waals surface area contributed by atoms with Crippen LogP contribution in [0.2, 0.25) is 0 Å². The molecule has 0 aliphatic rings. The summed E-state index contributed by atoms with van der Waals surface area (Å²) in [6, 6.07) is 0. The molecule has 0 radical (unpaired) electrons. The van der Waals surface area contributed by atoms with Crippen molar-refractivity contribution in [2.75, 3.05) is 0 Å². The van der Waals surface area contributed by atoms with Gasteiger partial charge in [-0.1, -0.05) is 0 Å². The minimum absolute atomic E-state index is 0.0432. The molecule has 0 amide bonds. The Labute approximate surface area is 47.1 Å². The molecule has 3 heteroatoms. The molecule has 0 aromatic carbocycles. The lowest BCUT2D eigenvalue weighted by Gasteiger charge is -1.91. The molecule has 7 heavy (non-hydrogen) atoms. The molecule has 0 aromatic rings. The minimum atomic E-state index is -0.845. The Kier molecular flexibility index (Phi) is 2.76. The number of carboxylic acid groups (broad SMARTS) is 1. The number of aliphatic carboxylic acids is 1. The van der Waals surface area contributed by atoms with Crippen LogP contribution in [0.5, 0.6) is 0 Å². The molecule has 0 rings (SSSR count). The van der Waals surface area contributed by atoms with E-state index < -0.39 is 5.97 Å². The first kappa shape index (κ1) is 6.76. The summed E-state index contributed by atoms with van der Waals surface area (Å²) in [4.78, 5) is 9.73. The molecule has 1 N–H and O–H groups in total. The van der Waals surface area contributed by atoms with E-state index in [9.17, 15) is 4.79 Å². The van der Waals surface area contributed by atoms with Crippen LogP contribution in [0.15, 0.2) is 0 Å². The summed E-state index contributed by atoms with van der Waals surface area (Å²) < 4.78 is 0. The molecule has 1 atom stereocenters. The number of carboxylic acids is 1. The Morgan fingerprint density at radius 3 is 2.43 bits per heavy atom. The van der Waals surface area contributed by atoms with Gasteiger partial charge in [0, 0.05) is 5.38 Å². The zero-order valence-corrected chi connectivity index (χ0v) is 4.77. The number of halogens is 1. The molecule has 0 saturated carbocycles. The van der Waals surface area contributed by atoms with Crippen LogP contribution in [-0.2, 0) is 4.79 Å². The molecule has 0 aliphatic heterocycles. The van der Waals surface area contributed by atoms with Crippen molar-refractivity contribution < 1.29 is 9.90 Å². The molecule has 0 spiro atoms. The normalized spacial score (nSPS) is 13.4. The highest BCUT2D eigenvalue weighted by Crippen LogP contribution is 1.97. The molecular weight excluding hydrogens is 115 g/mol. The number of carbonyl (C=O) groups is 1. The predicted octanol–water partition coefficient (Wildman–Crippen LogP) is 1.09. The fourth-order valence-corrected chi connectivity index (χ4v) is 0.373. The molecular formula is C4H7ClO2. The average molecular weight is 123 g/mol. The van der Waals surface area contributed by atoms with E-state index >= 15 is 0 Å². The molecule has 0 aromatic heterocycles. The topological polar surface area (TPSA) is 37.3 Å². The molecule has 0 aliphatic carbocycles. The SMILES string of the molecule is C[C@@H](Cl)CC(=O)O. The third kappa shape index (κ3) is 5.76. The maximum absolute atomic E-state index is 9.73. The third-order valence-corrected chi connectivity index (χ3v) is 0.610. The Bertz CT molecular complexity index is 70.1. The summed E-state index contributed by atoms with van der Waals surface area (Å²) in [5.74, 6) is -0.845. The highest BCUT2D eigenvalue weighted by Gasteiger charge is 2.00. The van der Waals surface area contributed by atoms with Crippen molar-refractivity contribution in [1.29, 1.82) is 0 Å². The van der Waals surface area contributed by atoms with E-state index in [0.717, 1.165) is 0 Å². The maximum Gasteiger partial charge on any atom is 0.304 e. The van der Waals surface area contributed by atoms with Crippen molar-refractivity contribution >= 4 is 17.6 Å². The Balaban J connectivity index is 3.13. The van der Waals surface area contributed by atoms with Crippen LogP contribution in [0.25, 0.3) is 0 Å². The van der Waals surface area contributed by atoms with Crippen molar-refractivity contribution in [3.63, 3.8) is 0 Å². The Morgan fingerprint density at radius 1 is 2.00 bits per heavy atom. The van der Waals surface area contributed by atoms with Crippen molar-refractivity contribution in [2.24, 2.45) is 0 Å². The second-order valence-electron chi connectivity index (χ2n) is 1.38. The lowest BCUT2D eigenvalue weighted by Crippen LogP contribution is -2.01. The fraction of sp³-hybridized carbons (Fsp3) is 0.750. The predicted molar refractivity (Wildman–Crippen MR) is 27.6 cm³/mol. The number of rotatable bonds is 2. The summed E-state index contributed by atoms with van der Waals surface area (Å²) in [6.45, 7) is 1.65. The lowest BCUT2D eigenvalue weighted by molar-refractivity contribution is -0.136. The van der Waals surface area contributed by atoms with Crippen LogP contribution < -0.4 is 0 Å². The van der Waals surface area contributed by atoms with Gasteiger partial charge in [-0.3, -0.25) is 4.79 Å². The van der Waals surface area contributed by atoms with Gasteiger partial charge in [0.1, 0.15) is 0 Å². The second-order valence-corrected chi connectivity index (χ2v) is 2.12. The van der Waals surface area contributed by atoms with Crippen LogP contribution >= 0.6 is 11.6 Å². The molecule has 0 unspecified atom stereocenters. The molecule has 0 bridgehead atoms. The molecule has 42 valence electrons. The summed E-state index contributed by atoms with van der Waals surface area (Å²) in [5, 5.41) is 7.75. The molecule has 0 heterocycles. The summed E-state index contributed by atoms with van der Waals surface area (Å²) in [7, 11) is 0. The third-order valence-electron chi connectivity index (χ3n) is 0.456. The van der Waals surface area contributed by atoms with E-state index in [4.69, 9.17) is 16.7 Å². The van der Waals surface area contributed by atoms with E-state index in [1.807, 2.05) is 0 Å². The summed E-state index contributed by atoms with van der Waals surface area (Å²) >= 11 is 5.29. The van der Waals surface area contributed by atoms with Crippen LogP contribution in [0.4, 0.5) is 0 Å². The second kappa shape index (κ2) is 2.86. The summed E-state index contributed by atoms with van der Waals surface area (Å²) in [6.07, 6.45) is 0.0432. The Morgan fingerprint density at radius 2 is 2.43 bits per heavy atom. The highest BCUT2D eigenvalue weighted by molar-refractivity contribution is 6.21. The maximum atomic E-state index is 9.73. The largest absolute Gasteiger partial charge is 0.481 e. The van der Waals surface area contributed by atoms with E-state index in [1.165, 1.54) is 0 Å². The van der Waals surface area contributed by atoms with Crippen LogP contribution in [0.3, 0.4) is 0 Å². The first-order valence-electron chi connectivity index (χ1n) is 1.99. The molecule has 2 nitrogen and oxygen atoms in total. The fourth-order valence-electron chi connectivity index (χ4n) is 0.241. The first-order valence-corrected chi connectivity index (χ1v) is 2.42. The first-order chi connectivity index (χ1) is 3.13. The van der Waals surface area contributed by atoms with Gasteiger partial charge in [0.15, 0.2) is 0 Å². The van der Waals surface area contributed by atoms with Crippen LogP contribution in [-0.4, -0.2) is 16.5 Å². The molecule has 0 fully saturated rings. The quantitative estimate of drug-likeness (QED) is 0.557. The van der Waals surface area contributed by atoms with Crippen LogP contribution in [0.1, 0.15) is 13.3 Å². The van der Waals surface area contributed by atoms with Gasteiger partial charge in [0.25, 0.3) is 0 Å². The van der Waals surface area contributed by atoms with Crippen molar-refractivity contribution in [3.8, 4) is 0 Å². The molecule has 0 saturated heterocycles. The van der Waals surface area contributed by atoms with Gasteiger partial charge < -0.3 is 5.11 Å². The van der Waals surface area contributed by atoms with Gasteiger partial charge >= 0.3 is 5.97 Å². The standard InChI is InChI=1S/C4H7ClO2/c1-3(5)2-4(6)7/h3H,2H2,1H3,(H,6,7)/t3-/m1/s1. The van der Waals surface area contributed by atoms with Gasteiger partial charge in [-0.2, -0.15) is 0 Å². The number of hydrogen-bond donors (Lipinski definition) is 1. The number of hydrogen-bond acceptors (Lipinski definition) is 1. The zero-order valence-electron chi connectivity index (χ0n) is 4.02. The Hall–Kier alpha value is -0.240. The van der Waals surface area contributed by atoms with Gasteiger partial charge in [-0.05, 0) is 6.92 Å². The van der Waals surface area contributed by atoms with Gasteiger partial charge in [-0.15, -0.1) is 11.6 Å². The van der Waals surface area contributed by atoms with Gasteiger partial charge in [0.2, 0.25) is 0 Å². The van der Waals surface area contributed by atoms with Crippen LogP contribution in [0, 0.1) is 0 Å². The highest BCUT2D eigenvalue weighted by atomic mass is 35.5. The lowest BCUT2D eigenvalue weighted by atomic mass is 10.3. The smallest absolute Gasteiger partial charge is 0.304 e. The van der Waals surface area contributed by atoms with Crippen molar-refractivity contribution in [2.45, 2.75) is 18.7 Å².